The van der Waals surface area contributed by atoms with Gasteiger partial charge in [0.25, 0.3) is 0 Å². The highest BCUT2D eigenvalue weighted by Gasteiger charge is 2.86. The average Bonchev–Trinajstić information content (AvgIpc) is 2.84. The van der Waals surface area contributed by atoms with E-state index in [4.69, 9.17) is 0 Å². The summed E-state index contributed by atoms with van der Waals surface area (Å²) in [6, 6.07) is 0. The third-order valence-electron chi connectivity index (χ3n) is 5.59. The van der Waals surface area contributed by atoms with E-state index in [-0.39, 0.29) is 18.2 Å². The van der Waals surface area contributed by atoms with Crippen molar-refractivity contribution < 1.29 is 103 Å². The third-order valence-corrected chi connectivity index (χ3v) is 5.59. The molecule has 0 aliphatic carbocycles. The number of carbonyl (C=O) groups excluding carboxylic acids is 3. The van der Waals surface area contributed by atoms with Gasteiger partial charge in [0.15, 0.2) is 5.78 Å². The van der Waals surface area contributed by atoms with Crippen LogP contribution in [0.4, 0.5) is 74.6 Å². The van der Waals surface area contributed by atoms with Gasteiger partial charge in [0, 0.05) is 19.3 Å². The molecule has 3 atom stereocenters. The molecule has 0 radical (unpaired) electrons. The quantitative estimate of drug-likeness (QED) is 0.107. The standard InChI is InChI=1S/C23H19F17O6/c1-5-8-11(41)14(18(26,27)28)44-21(35,36)15(4,22(37,38)45-16(24,19(29,30)31)12(42)9-6-2)23(39,40)46-17(25,20(32,33)34)13(43)10-7-3/h5-7,14H,1-3,8-10H2,4H3. The Morgan fingerprint density at radius 2 is 0.870 bits per heavy atom. The van der Waals surface area contributed by atoms with E-state index in [2.05, 4.69) is 33.9 Å². The topological polar surface area (TPSA) is 78.9 Å². The Bertz CT molecular complexity index is 1110. The Kier molecular flexibility index (Phi) is 12.7. The molecule has 0 bridgehead atoms. The smallest absolute Gasteiger partial charge is 0.298 e. The zero-order valence-corrected chi connectivity index (χ0v) is 22.4. The van der Waals surface area contributed by atoms with E-state index in [1.165, 1.54) is 0 Å². The van der Waals surface area contributed by atoms with Crippen LogP contribution in [-0.2, 0) is 28.6 Å². The van der Waals surface area contributed by atoms with Crippen LogP contribution in [0.15, 0.2) is 38.0 Å². The highest BCUT2D eigenvalue weighted by Crippen LogP contribution is 2.62. The molecular weight excluding hydrogens is 695 g/mol. The summed E-state index contributed by atoms with van der Waals surface area (Å²) in [6.07, 6.45) is -53.9. The van der Waals surface area contributed by atoms with Crippen LogP contribution < -0.4 is 0 Å². The SMILES string of the molecule is C=CCC(=O)C(OC(F)(F)C(C)(C(F)(F)OC(F)(C(=O)CC=C)C(F)(F)F)C(F)(F)OC(F)(C(=O)CC=C)C(F)(F)F)C(F)(F)F. The Morgan fingerprint density at radius 1 is 0.565 bits per heavy atom. The first-order valence-corrected chi connectivity index (χ1v) is 11.4. The second-order valence-corrected chi connectivity index (χ2v) is 8.90. The molecule has 0 aromatic carbocycles. The van der Waals surface area contributed by atoms with E-state index in [0.717, 1.165) is 0 Å². The Labute approximate surface area is 245 Å². The Balaban J connectivity index is 7.99. The van der Waals surface area contributed by atoms with Crippen molar-refractivity contribution in [3.8, 4) is 0 Å². The molecule has 0 N–H and O–H groups in total. The first-order valence-electron chi connectivity index (χ1n) is 11.4. The maximum Gasteiger partial charge on any atom is 0.456 e. The number of ether oxygens (including phenoxy) is 3. The lowest BCUT2D eigenvalue weighted by atomic mass is 9.84. The van der Waals surface area contributed by atoms with Crippen LogP contribution in [0.5, 0.6) is 0 Å². The number of hydrogen-bond donors (Lipinski definition) is 0. The summed E-state index contributed by atoms with van der Waals surface area (Å²) in [7, 11) is 0. The predicted molar refractivity (Wildman–Crippen MR) is 115 cm³/mol. The fourth-order valence-electron chi connectivity index (χ4n) is 2.97. The van der Waals surface area contributed by atoms with Gasteiger partial charge >= 0.3 is 48.6 Å². The van der Waals surface area contributed by atoms with E-state index >= 15 is 26.3 Å². The summed E-state index contributed by atoms with van der Waals surface area (Å²) >= 11 is 0. The van der Waals surface area contributed by atoms with Gasteiger partial charge in [0.05, 0.1) is 0 Å². The molecule has 0 saturated heterocycles. The van der Waals surface area contributed by atoms with E-state index < -0.39 is 104 Å². The summed E-state index contributed by atoms with van der Waals surface area (Å²) in [6.45, 7) is 6.21. The minimum atomic E-state index is -7.65. The van der Waals surface area contributed by atoms with Crippen LogP contribution in [-0.4, -0.2) is 72.0 Å². The Morgan fingerprint density at radius 3 is 1.11 bits per heavy atom. The zero-order chi connectivity index (χ0) is 37.2. The van der Waals surface area contributed by atoms with Crippen molar-refractivity contribution in [3.05, 3.63) is 38.0 Å². The van der Waals surface area contributed by atoms with Crippen LogP contribution in [0.3, 0.4) is 0 Å². The molecule has 23 heteroatoms. The summed E-state index contributed by atoms with van der Waals surface area (Å²) in [5, 5.41) is 0. The summed E-state index contributed by atoms with van der Waals surface area (Å²) in [5.41, 5.74) is -7.10. The lowest BCUT2D eigenvalue weighted by molar-refractivity contribution is -0.536. The third kappa shape index (κ3) is 8.06. The lowest BCUT2D eigenvalue weighted by Gasteiger charge is -2.47. The largest absolute Gasteiger partial charge is 0.456 e. The predicted octanol–water partition coefficient (Wildman–Crippen LogP) is 7.64. The van der Waals surface area contributed by atoms with Gasteiger partial charge < -0.3 is 0 Å². The molecule has 0 amide bonds. The first-order chi connectivity index (χ1) is 20.2. The maximum absolute atomic E-state index is 15.3. The molecule has 0 aliphatic rings. The monoisotopic (exact) mass is 714 g/mol. The van der Waals surface area contributed by atoms with Crippen molar-refractivity contribution >= 4 is 17.3 Å². The van der Waals surface area contributed by atoms with Crippen LogP contribution in [0, 0.1) is 5.41 Å². The molecular formula is C23H19F17O6. The van der Waals surface area contributed by atoms with Gasteiger partial charge in [0.2, 0.25) is 23.1 Å². The molecule has 266 valence electrons. The fraction of sp³-hybridized carbons (Fsp3) is 0.609. The van der Waals surface area contributed by atoms with Crippen molar-refractivity contribution in [1.82, 2.24) is 0 Å². The number of rotatable bonds is 18. The molecule has 0 rings (SSSR count). The minimum Gasteiger partial charge on any atom is -0.298 e. The van der Waals surface area contributed by atoms with Crippen molar-refractivity contribution in [2.45, 2.75) is 80.9 Å². The van der Waals surface area contributed by atoms with Crippen LogP contribution in [0.25, 0.3) is 0 Å². The zero-order valence-electron chi connectivity index (χ0n) is 22.4. The summed E-state index contributed by atoms with van der Waals surface area (Å²) in [4.78, 5) is 35.1. The molecule has 3 unspecified atom stereocenters. The number of allylic oxidation sites excluding steroid dienone is 3. The molecule has 0 fully saturated rings. The molecule has 0 spiro atoms. The number of halogens is 17. The maximum atomic E-state index is 15.3. The fourth-order valence-corrected chi connectivity index (χ4v) is 2.97. The van der Waals surface area contributed by atoms with E-state index in [9.17, 15) is 62.7 Å². The van der Waals surface area contributed by atoms with Gasteiger partial charge in [-0.3, -0.25) is 28.6 Å². The van der Waals surface area contributed by atoms with Gasteiger partial charge in [-0.05, 0) is 6.92 Å². The molecule has 46 heavy (non-hydrogen) atoms. The molecule has 0 aromatic heterocycles. The van der Waals surface area contributed by atoms with Crippen molar-refractivity contribution in [2.24, 2.45) is 5.41 Å². The number of Topliss-reactive ketones (excluding diaryl/α,β-unsaturated/α-hetero) is 3. The van der Waals surface area contributed by atoms with Gasteiger partial charge in [-0.2, -0.15) is 74.6 Å². The van der Waals surface area contributed by atoms with Gasteiger partial charge in [-0.15, -0.1) is 19.7 Å². The number of ketones is 3. The lowest BCUT2D eigenvalue weighted by Crippen LogP contribution is -2.71. The minimum absolute atomic E-state index is 0.0175. The van der Waals surface area contributed by atoms with Crippen LogP contribution in [0.2, 0.25) is 0 Å². The van der Waals surface area contributed by atoms with E-state index in [1.807, 2.05) is 0 Å². The molecule has 0 saturated carbocycles. The Hall–Kier alpha value is -3.08. The molecule has 6 nitrogen and oxygen atoms in total. The van der Waals surface area contributed by atoms with Gasteiger partial charge in [0.1, 0.15) is 0 Å². The summed E-state index contributed by atoms with van der Waals surface area (Å²) in [5.74, 6) is -22.7. The highest BCUT2D eigenvalue weighted by molar-refractivity contribution is 5.88. The van der Waals surface area contributed by atoms with Gasteiger partial charge in [-0.25, -0.2) is 0 Å². The van der Waals surface area contributed by atoms with Crippen molar-refractivity contribution in [1.29, 1.82) is 0 Å². The van der Waals surface area contributed by atoms with E-state index in [0.29, 0.717) is 0 Å². The average molecular weight is 714 g/mol. The second kappa shape index (κ2) is 13.6. The highest BCUT2D eigenvalue weighted by atomic mass is 19.4. The van der Waals surface area contributed by atoms with Crippen LogP contribution in [0.1, 0.15) is 26.2 Å². The van der Waals surface area contributed by atoms with Crippen molar-refractivity contribution in [3.63, 3.8) is 0 Å². The normalized spacial score (nSPS) is 18.4. The van der Waals surface area contributed by atoms with E-state index in [1.54, 1.807) is 0 Å². The van der Waals surface area contributed by atoms with Crippen LogP contribution >= 0.6 is 0 Å². The number of carbonyl (C=O) groups is 3. The van der Waals surface area contributed by atoms with Crippen molar-refractivity contribution in [2.75, 3.05) is 0 Å². The first kappa shape index (κ1) is 42.9. The van der Waals surface area contributed by atoms with Gasteiger partial charge in [-0.1, -0.05) is 18.2 Å². The number of hydrogen-bond acceptors (Lipinski definition) is 6. The molecule has 0 heterocycles. The summed E-state index contributed by atoms with van der Waals surface area (Å²) < 4.78 is 249. The number of alkyl halides is 17. The molecule has 0 aliphatic heterocycles. The molecule has 0 aromatic rings. The second-order valence-electron chi connectivity index (χ2n) is 8.90.